The van der Waals surface area contributed by atoms with E-state index in [1.807, 2.05) is 49.4 Å². The summed E-state index contributed by atoms with van der Waals surface area (Å²) in [5.41, 5.74) is 2.53. The third kappa shape index (κ3) is 10.3. The molecule has 0 radical (unpaired) electrons. The van der Waals surface area contributed by atoms with Gasteiger partial charge < -0.3 is 14.8 Å². The normalized spacial score (nSPS) is 13.0. The zero-order valence-corrected chi connectivity index (χ0v) is 18.8. The lowest BCUT2D eigenvalue weighted by atomic mass is 10.1. The standard InChI is InChI=1S/C25H34N2O4/c1-19(2)16-31-20(3)17-30-18-24(15-22-9-12-23(27-29)13-10-22)26-25(28)14-11-21-7-5-4-6-8-21/h4-10,12-13,19-20,24H,11,14-18H2,1-3H3,(H,26,28). The number of benzene rings is 2. The molecule has 0 heterocycles. The largest absolute Gasteiger partial charge is 0.377 e. The van der Waals surface area contributed by atoms with Gasteiger partial charge >= 0.3 is 0 Å². The van der Waals surface area contributed by atoms with E-state index < -0.39 is 0 Å². The number of hydrogen-bond acceptors (Lipinski definition) is 5. The molecule has 0 spiro atoms. The molecule has 1 N–H and O–H groups in total. The Morgan fingerprint density at radius 2 is 1.65 bits per heavy atom. The maximum atomic E-state index is 12.5. The number of aryl methyl sites for hydroxylation is 1. The van der Waals surface area contributed by atoms with Crippen molar-refractivity contribution in [1.29, 1.82) is 0 Å². The second-order valence-corrected chi connectivity index (χ2v) is 8.29. The minimum absolute atomic E-state index is 0.00483. The Bertz CT molecular complexity index is 778. The maximum absolute atomic E-state index is 12.5. The van der Waals surface area contributed by atoms with E-state index >= 15 is 0 Å². The molecule has 31 heavy (non-hydrogen) atoms. The molecule has 0 bridgehead atoms. The zero-order valence-electron chi connectivity index (χ0n) is 18.8. The Hall–Kier alpha value is -2.57. The van der Waals surface area contributed by atoms with Crippen LogP contribution in [0.15, 0.2) is 59.8 Å². The number of amides is 1. The van der Waals surface area contributed by atoms with Crippen molar-refractivity contribution in [1.82, 2.24) is 5.32 Å². The third-order valence-corrected chi connectivity index (χ3v) is 4.76. The molecule has 6 heteroatoms. The molecule has 0 saturated carbocycles. The van der Waals surface area contributed by atoms with Crippen LogP contribution in [0.2, 0.25) is 0 Å². The topological polar surface area (TPSA) is 77.0 Å². The van der Waals surface area contributed by atoms with E-state index in [4.69, 9.17) is 9.47 Å². The Labute approximate surface area is 185 Å². The molecule has 0 aliphatic carbocycles. The average molecular weight is 427 g/mol. The number of ether oxygens (including phenoxy) is 2. The van der Waals surface area contributed by atoms with Crippen LogP contribution in [-0.4, -0.2) is 37.9 Å². The van der Waals surface area contributed by atoms with Crippen LogP contribution in [-0.2, 0) is 27.1 Å². The SMILES string of the molecule is CC(C)COC(C)COCC(Cc1ccc(N=O)cc1)NC(=O)CCc1ccccc1. The third-order valence-electron chi connectivity index (χ3n) is 4.76. The fraction of sp³-hybridized carbons (Fsp3) is 0.480. The summed E-state index contributed by atoms with van der Waals surface area (Å²) < 4.78 is 11.6. The summed E-state index contributed by atoms with van der Waals surface area (Å²) in [4.78, 5) is 23.2. The fourth-order valence-corrected chi connectivity index (χ4v) is 3.11. The van der Waals surface area contributed by atoms with Gasteiger partial charge in [-0.05, 0) is 54.1 Å². The van der Waals surface area contributed by atoms with Crippen LogP contribution in [0, 0.1) is 10.8 Å². The van der Waals surface area contributed by atoms with Gasteiger partial charge in [-0.3, -0.25) is 4.79 Å². The molecular formula is C25H34N2O4. The van der Waals surface area contributed by atoms with Crippen LogP contribution in [0.4, 0.5) is 5.69 Å². The number of hydrogen-bond donors (Lipinski definition) is 1. The molecule has 2 aromatic rings. The van der Waals surface area contributed by atoms with E-state index in [0.717, 1.165) is 11.1 Å². The van der Waals surface area contributed by atoms with Gasteiger partial charge in [0.1, 0.15) is 5.69 Å². The second-order valence-electron chi connectivity index (χ2n) is 8.29. The lowest BCUT2D eigenvalue weighted by molar-refractivity contribution is -0.122. The van der Waals surface area contributed by atoms with E-state index in [1.165, 1.54) is 0 Å². The molecule has 168 valence electrons. The van der Waals surface area contributed by atoms with Crippen molar-refractivity contribution in [3.05, 3.63) is 70.6 Å². The molecule has 0 aliphatic rings. The second kappa shape index (κ2) is 13.7. The van der Waals surface area contributed by atoms with Gasteiger partial charge in [0.25, 0.3) is 0 Å². The van der Waals surface area contributed by atoms with Crippen LogP contribution in [0.1, 0.15) is 38.3 Å². The van der Waals surface area contributed by atoms with Gasteiger partial charge in [-0.2, -0.15) is 0 Å². The number of nitroso groups, excluding NO2 is 1. The highest BCUT2D eigenvalue weighted by Gasteiger charge is 2.15. The van der Waals surface area contributed by atoms with Gasteiger partial charge in [0.05, 0.1) is 25.4 Å². The summed E-state index contributed by atoms with van der Waals surface area (Å²) in [6.07, 6.45) is 1.72. The van der Waals surface area contributed by atoms with E-state index in [1.54, 1.807) is 12.1 Å². The van der Waals surface area contributed by atoms with Gasteiger partial charge in [-0.1, -0.05) is 56.3 Å². The van der Waals surface area contributed by atoms with Crippen LogP contribution in [0.25, 0.3) is 0 Å². The highest BCUT2D eigenvalue weighted by Crippen LogP contribution is 2.14. The summed E-state index contributed by atoms with van der Waals surface area (Å²) in [5, 5.41) is 6.03. The minimum atomic E-state index is -0.171. The number of rotatable bonds is 14. The fourth-order valence-electron chi connectivity index (χ4n) is 3.11. The van der Waals surface area contributed by atoms with Crippen LogP contribution < -0.4 is 5.32 Å². The molecule has 2 aromatic carbocycles. The number of nitrogens with zero attached hydrogens (tertiary/aromatic N) is 1. The van der Waals surface area contributed by atoms with E-state index in [9.17, 15) is 9.70 Å². The summed E-state index contributed by atoms with van der Waals surface area (Å²) >= 11 is 0. The van der Waals surface area contributed by atoms with Gasteiger partial charge in [-0.15, -0.1) is 4.91 Å². The summed E-state index contributed by atoms with van der Waals surface area (Å²) in [5.74, 6) is 0.468. The Balaban J connectivity index is 1.88. The van der Waals surface area contributed by atoms with Gasteiger partial charge in [0, 0.05) is 13.0 Å². The first-order chi connectivity index (χ1) is 15.0. The first kappa shape index (κ1) is 24.7. The Morgan fingerprint density at radius 3 is 2.29 bits per heavy atom. The molecule has 0 fully saturated rings. The van der Waals surface area contributed by atoms with Crippen molar-refractivity contribution in [3.63, 3.8) is 0 Å². The van der Waals surface area contributed by atoms with Gasteiger partial charge in [0.15, 0.2) is 0 Å². The lowest BCUT2D eigenvalue weighted by Crippen LogP contribution is -2.40. The summed E-state index contributed by atoms with van der Waals surface area (Å²) in [6.45, 7) is 7.76. The van der Waals surface area contributed by atoms with Crippen LogP contribution in [0.3, 0.4) is 0 Å². The molecule has 2 rings (SSSR count). The molecule has 0 aromatic heterocycles. The van der Waals surface area contributed by atoms with E-state index in [-0.39, 0.29) is 18.1 Å². The number of carbonyl (C=O) groups excluding carboxylic acids is 1. The predicted octanol–water partition coefficient (Wildman–Crippen LogP) is 4.82. The molecular weight excluding hydrogens is 392 g/mol. The predicted molar refractivity (Wildman–Crippen MR) is 123 cm³/mol. The van der Waals surface area contributed by atoms with Crippen molar-refractivity contribution < 1.29 is 14.3 Å². The van der Waals surface area contributed by atoms with Crippen LogP contribution in [0.5, 0.6) is 0 Å². The van der Waals surface area contributed by atoms with Gasteiger partial charge in [-0.25, -0.2) is 0 Å². The molecule has 2 atom stereocenters. The lowest BCUT2D eigenvalue weighted by Gasteiger charge is -2.21. The van der Waals surface area contributed by atoms with Crippen LogP contribution >= 0.6 is 0 Å². The van der Waals surface area contributed by atoms with E-state index in [2.05, 4.69) is 24.3 Å². The summed E-state index contributed by atoms with van der Waals surface area (Å²) in [7, 11) is 0. The smallest absolute Gasteiger partial charge is 0.220 e. The van der Waals surface area contributed by atoms with Crippen molar-refractivity contribution in [2.24, 2.45) is 11.1 Å². The van der Waals surface area contributed by atoms with Crippen molar-refractivity contribution >= 4 is 11.6 Å². The monoisotopic (exact) mass is 426 g/mol. The highest BCUT2D eigenvalue weighted by molar-refractivity contribution is 5.76. The number of carbonyl (C=O) groups is 1. The first-order valence-corrected chi connectivity index (χ1v) is 10.9. The van der Waals surface area contributed by atoms with Crippen molar-refractivity contribution in [2.45, 2.75) is 52.2 Å². The maximum Gasteiger partial charge on any atom is 0.220 e. The molecule has 1 amide bonds. The number of nitrogens with one attached hydrogen (secondary N) is 1. The summed E-state index contributed by atoms with van der Waals surface area (Å²) in [6, 6.07) is 16.9. The molecule has 0 saturated heterocycles. The molecule has 6 nitrogen and oxygen atoms in total. The van der Waals surface area contributed by atoms with Crippen molar-refractivity contribution in [2.75, 3.05) is 19.8 Å². The minimum Gasteiger partial charge on any atom is -0.377 e. The first-order valence-electron chi connectivity index (χ1n) is 10.9. The van der Waals surface area contributed by atoms with Gasteiger partial charge in [0.2, 0.25) is 5.91 Å². The quantitative estimate of drug-likeness (QED) is 0.439. The van der Waals surface area contributed by atoms with Crippen molar-refractivity contribution in [3.8, 4) is 0 Å². The Morgan fingerprint density at radius 1 is 0.935 bits per heavy atom. The van der Waals surface area contributed by atoms with E-state index in [0.29, 0.717) is 50.7 Å². The zero-order chi connectivity index (χ0) is 22.5. The average Bonchev–Trinajstić information content (AvgIpc) is 2.77. The molecule has 2 unspecified atom stereocenters. The Kier molecular flexibility index (Phi) is 10.9. The molecule has 0 aliphatic heterocycles. The highest BCUT2D eigenvalue weighted by atomic mass is 16.5.